The second-order valence-corrected chi connectivity index (χ2v) is 5.75. The maximum Gasteiger partial charge on any atom is 0.0223 e. The molecule has 1 aliphatic rings. The number of hydrogen-bond acceptors (Lipinski definition) is 3. The van der Waals surface area contributed by atoms with Gasteiger partial charge >= 0.3 is 0 Å². The largest absolute Gasteiger partial charge is 0.317 e. The van der Waals surface area contributed by atoms with Crippen LogP contribution in [0.2, 0.25) is 0 Å². The van der Waals surface area contributed by atoms with E-state index in [2.05, 4.69) is 42.9 Å². The molecule has 1 saturated heterocycles. The molecule has 0 aromatic heterocycles. The first kappa shape index (κ1) is 15.9. The minimum atomic E-state index is 0.689. The molecule has 1 heterocycles. The fourth-order valence-corrected chi connectivity index (χ4v) is 2.86. The van der Waals surface area contributed by atoms with Gasteiger partial charge in [0.15, 0.2) is 0 Å². The molecule has 0 spiro atoms. The van der Waals surface area contributed by atoms with Crippen molar-refractivity contribution in [2.24, 2.45) is 0 Å². The monoisotopic (exact) mass is 255 g/mol. The van der Waals surface area contributed by atoms with Crippen LogP contribution in [-0.2, 0) is 0 Å². The Hall–Kier alpha value is -0.120. The van der Waals surface area contributed by atoms with Crippen LogP contribution in [0.25, 0.3) is 0 Å². The van der Waals surface area contributed by atoms with Crippen molar-refractivity contribution in [1.82, 2.24) is 15.1 Å². The highest BCUT2D eigenvalue weighted by molar-refractivity contribution is 4.81. The molecule has 1 rings (SSSR count). The first-order valence-corrected chi connectivity index (χ1v) is 7.84. The lowest BCUT2D eigenvalue weighted by Gasteiger charge is -2.31. The van der Waals surface area contributed by atoms with Crippen molar-refractivity contribution in [3.05, 3.63) is 0 Å². The normalized spacial score (nSPS) is 22.8. The maximum absolute atomic E-state index is 3.50. The van der Waals surface area contributed by atoms with Crippen LogP contribution >= 0.6 is 0 Å². The minimum Gasteiger partial charge on any atom is -0.317 e. The third-order valence-electron chi connectivity index (χ3n) is 4.32. The third-order valence-corrected chi connectivity index (χ3v) is 4.32. The Morgan fingerprint density at radius 2 is 2.11 bits per heavy atom. The standard InChI is InChI=1S/C15H33N3/c1-5-10-16-11-9-14(3)17(4)13-15-8-7-12-18(15)6-2/h14-16H,5-13H2,1-4H3. The van der Waals surface area contributed by atoms with Gasteiger partial charge in [-0.1, -0.05) is 13.8 Å². The highest BCUT2D eigenvalue weighted by atomic mass is 15.2. The van der Waals surface area contributed by atoms with Crippen LogP contribution < -0.4 is 5.32 Å². The molecular formula is C15H33N3. The van der Waals surface area contributed by atoms with E-state index in [0.29, 0.717) is 6.04 Å². The van der Waals surface area contributed by atoms with E-state index in [4.69, 9.17) is 0 Å². The molecule has 18 heavy (non-hydrogen) atoms. The average molecular weight is 255 g/mol. The number of rotatable bonds is 9. The lowest BCUT2D eigenvalue weighted by atomic mass is 10.1. The molecule has 0 radical (unpaired) electrons. The summed E-state index contributed by atoms with van der Waals surface area (Å²) in [5.74, 6) is 0. The zero-order chi connectivity index (χ0) is 13.4. The average Bonchev–Trinajstić information content (AvgIpc) is 2.81. The van der Waals surface area contributed by atoms with Gasteiger partial charge < -0.3 is 10.2 Å². The SMILES string of the molecule is CCCNCCC(C)N(C)CC1CCCN1CC. The van der Waals surface area contributed by atoms with Crippen molar-refractivity contribution in [3.63, 3.8) is 0 Å². The molecule has 0 aromatic rings. The van der Waals surface area contributed by atoms with Gasteiger partial charge in [0.2, 0.25) is 0 Å². The summed E-state index contributed by atoms with van der Waals surface area (Å²) in [4.78, 5) is 5.19. The molecule has 0 aliphatic carbocycles. The molecule has 2 atom stereocenters. The van der Waals surface area contributed by atoms with Crippen molar-refractivity contribution < 1.29 is 0 Å². The summed E-state index contributed by atoms with van der Waals surface area (Å²) in [6.45, 7) is 12.9. The van der Waals surface area contributed by atoms with E-state index >= 15 is 0 Å². The van der Waals surface area contributed by atoms with Gasteiger partial charge in [-0.3, -0.25) is 4.90 Å². The Morgan fingerprint density at radius 3 is 2.78 bits per heavy atom. The van der Waals surface area contributed by atoms with Gasteiger partial charge in [0.05, 0.1) is 0 Å². The van der Waals surface area contributed by atoms with E-state index in [1.54, 1.807) is 0 Å². The van der Waals surface area contributed by atoms with Crippen LogP contribution in [0.1, 0.15) is 46.5 Å². The quantitative estimate of drug-likeness (QED) is 0.637. The topological polar surface area (TPSA) is 18.5 Å². The zero-order valence-electron chi connectivity index (χ0n) is 12.9. The summed E-state index contributed by atoms with van der Waals surface area (Å²) >= 11 is 0. The summed E-state index contributed by atoms with van der Waals surface area (Å²) in [6, 6.07) is 1.49. The van der Waals surface area contributed by atoms with Crippen molar-refractivity contribution in [2.45, 2.75) is 58.5 Å². The molecule has 1 fully saturated rings. The van der Waals surface area contributed by atoms with Crippen LogP contribution in [0, 0.1) is 0 Å². The molecule has 3 heteroatoms. The predicted octanol–water partition coefficient (Wildman–Crippen LogP) is 2.18. The number of nitrogens with zero attached hydrogens (tertiary/aromatic N) is 2. The molecule has 2 unspecified atom stereocenters. The molecule has 3 nitrogen and oxygen atoms in total. The zero-order valence-corrected chi connectivity index (χ0v) is 12.9. The second kappa shape index (κ2) is 8.89. The van der Waals surface area contributed by atoms with Gasteiger partial charge in [-0.15, -0.1) is 0 Å². The number of likely N-dealkylation sites (N-methyl/N-ethyl adjacent to an activating group) is 2. The number of hydrogen-bond donors (Lipinski definition) is 1. The van der Waals surface area contributed by atoms with E-state index in [9.17, 15) is 0 Å². The highest BCUT2D eigenvalue weighted by Crippen LogP contribution is 2.18. The van der Waals surface area contributed by atoms with Gasteiger partial charge in [-0.05, 0) is 65.8 Å². The molecular weight excluding hydrogens is 222 g/mol. The van der Waals surface area contributed by atoms with E-state index in [0.717, 1.165) is 19.1 Å². The Bertz CT molecular complexity index is 208. The lowest BCUT2D eigenvalue weighted by Crippen LogP contribution is -2.42. The Morgan fingerprint density at radius 1 is 1.33 bits per heavy atom. The Balaban J connectivity index is 2.20. The van der Waals surface area contributed by atoms with Gasteiger partial charge in [0.1, 0.15) is 0 Å². The van der Waals surface area contributed by atoms with Crippen molar-refractivity contribution >= 4 is 0 Å². The van der Waals surface area contributed by atoms with Gasteiger partial charge in [0, 0.05) is 18.6 Å². The molecule has 0 saturated carbocycles. The van der Waals surface area contributed by atoms with Crippen molar-refractivity contribution in [2.75, 3.05) is 39.8 Å². The van der Waals surface area contributed by atoms with Crippen LogP contribution in [0.3, 0.4) is 0 Å². The molecule has 108 valence electrons. The van der Waals surface area contributed by atoms with Gasteiger partial charge in [-0.25, -0.2) is 0 Å². The first-order valence-electron chi connectivity index (χ1n) is 7.84. The minimum absolute atomic E-state index is 0.689. The second-order valence-electron chi connectivity index (χ2n) is 5.75. The summed E-state index contributed by atoms with van der Waals surface area (Å²) < 4.78 is 0. The van der Waals surface area contributed by atoms with E-state index < -0.39 is 0 Å². The summed E-state index contributed by atoms with van der Waals surface area (Å²) in [7, 11) is 2.29. The van der Waals surface area contributed by atoms with E-state index in [-0.39, 0.29) is 0 Å². The Labute approximate surface area is 114 Å². The smallest absolute Gasteiger partial charge is 0.0223 e. The van der Waals surface area contributed by atoms with Crippen LogP contribution in [0.15, 0.2) is 0 Å². The van der Waals surface area contributed by atoms with Crippen LogP contribution in [0.4, 0.5) is 0 Å². The summed E-state index contributed by atoms with van der Waals surface area (Å²) in [5.41, 5.74) is 0. The van der Waals surface area contributed by atoms with E-state index in [1.807, 2.05) is 0 Å². The maximum atomic E-state index is 3.50. The fourth-order valence-electron chi connectivity index (χ4n) is 2.86. The summed E-state index contributed by atoms with van der Waals surface area (Å²) in [6.07, 6.45) is 5.27. The highest BCUT2D eigenvalue weighted by Gasteiger charge is 2.25. The summed E-state index contributed by atoms with van der Waals surface area (Å²) in [5, 5.41) is 3.50. The van der Waals surface area contributed by atoms with Crippen molar-refractivity contribution in [1.29, 1.82) is 0 Å². The van der Waals surface area contributed by atoms with Crippen molar-refractivity contribution in [3.8, 4) is 0 Å². The number of likely N-dealkylation sites (tertiary alicyclic amines) is 1. The van der Waals surface area contributed by atoms with E-state index in [1.165, 1.54) is 45.3 Å². The molecule has 0 aromatic carbocycles. The fraction of sp³-hybridized carbons (Fsp3) is 1.00. The molecule has 0 amide bonds. The first-order chi connectivity index (χ1) is 8.69. The third kappa shape index (κ3) is 5.25. The van der Waals surface area contributed by atoms with Gasteiger partial charge in [0.25, 0.3) is 0 Å². The Kier molecular flexibility index (Phi) is 7.87. The lowest BCUT2D eigenvalue weighted by molar-refractivity contribution is 0.165. The molecule has 1 N–H and O–H groups in total. The van der Waals surface area contributed by atoms with Crippen LogP contribution in [0.5, 0.6) is 0 Å². The predicted molar refractivity (Wildman–Crippen MR) is 80.1 cm³/mol. The molecule has 0 bridgehead atoms. The number of nitrogens with one attached hydrogen (secondary N) is 1. The van der Waals surface area contributed by atoms with Crippen LogP contribution in [-0.4, -0.2) is 61.7 Å². The molecule has 1 aliphatic heterocycles. The van der Waals surface area contributed by atoms with Gasteiger partial charge in [-0.2, -0.15) is 0 Å².